The minimum absolute atomic E-state index is 0.100. The number of unbranched alkanes of at least 4 members (excludes halogenated alkanes) is 25. The van der Waals surface area contributed by atoms with Crippen molar-refractivity contribution in [2.24, 2.45) is 0 Å². The van der Waals surface area contributed by atoms with Crippen molar-refractivity contribution in [3.8, 4) is 0 Å². The molecule has 1 unspecified atom stereocenters. The molecule has 376 valence electrons. The third kappa shape index (κ3) is 51.3. The smallest absolute Gasteiger partial charge is 0.306 e. The fourth-order valence-corrected chi connectivity index (χ4v) is 7.31. The molecule has 0 aromatic rings. The number of rotatable bonds is 48. The lowest BCUT2D eigenvalue weighted by molar-refractivity contribution is -0.167. The van der Waals surface area contributed by atoms with E-state index in [-0.39, 0.29) is 31.1 Å². The van der Waals surface area contributed by atoms with E-state index in [1.165, 1.54) is 70.6 Å². The van der Waals surface area contributed by atoms with Crippen LogP contribution >= 0.6 is 0 Å². The van der Waals surface area contributed by atoms with Crippen LogP contribution in [0.2, 0.25) is 0 Å². The lowest BCUT2D eigenvalue weighted by Gasteiger charge is -2.18. The van der Waals surface area contributed by atoms with E-state index in [0.29, 0.717) is 19.3 Å². The molecule has 6 heteroatoms. The molecule has 6 nitrogen and oxygen atoms in total. The molecule has 0 heterocycles. The van der Waals surface area contributed by atoms with Gasteiger partial charge in [-0.15, -0.1) is 0 Å². The topological polar surface area (TPSA) is 78.9 Å². The second-order valence-electron chi connectivity index (χ2n) is 17.9. The standard InChI is InChI=1S/C60H100O6/c1-4-7-10-13-16-19-22-25-27-29-31-33-35-38-41-44-47-50-53-59(62)65-56-57(55-64-58(61)52-49-46-43-40-37-24-21-18-15-12-9-6-3)66-60(63)54-51-48-45-42-39-36-34-32-30-28-26-23-20-17-14-11-8-5-2/h9,12,16,18-19,21-22,25,27-34,57H,4-8,10-11,13-15,17,20,23-24,26,35-56H2,1-3H3/b12-9-,19-16-,21-18-,25-22-,29-27-,30-28-,33-31-,34-32-. The third-order valence-electron chi connectivity index (χ3n) is 11.4. The van der Waals surface area contributed by atoms with E-state index in [1.54, 1.807) is 0 Å². The van der Waals surface area contributed by atoms with Crippen LogP contribution in [0.25, 0.3) is 0 Å². The van der Waals surface area contributed by atoms with Gasteiger partial charge in [-0.3, -0.25) is 14.4 Å². The molecule has 0 amide bonds. The summed E-state index contributed by atoms with van der Waals surface area (Å²) in [5.74, 6) is -0.953. The van der Waals surface area contributed by atoms with Gasteiger partial charge in [0.2, 0.25) is 0 Å². The van der Waals surface area contributed by atoms with Gasteiger partial charge >= 0.3 is 17.9 Å². The van der Waals surface area contributed by atoms with E-state index in [4.69, 9.17) is 14.2 Å². The minimum atomic E-state index is -0.802. The van der Waals surface area contributed by atoms with Gasteiger partial charge in [-0.05, 0) is 96.3 Å². The molecule has 0 aliphatic rings. The summed E-state index contributed by atoms with van der Waals surface area (Å²) in [6, 6.07) is 0. The summed E-state index contributed by atoms with van der Waals surface area (Å²) in [4.78, 5) is 38.0. The zero-order valence-corrected chi connectivity index (χ0v) is 42.9. The molecule has 0 aromatic heterocycles. The van der Waals surface area contributed by atoms with Gasteiger partial charge in [-0.2, -0.15) is 0 Å². The lowest BCUT2D eigenvalue weighted by Crippen LogP contribution is -2.30. The Hall–Kier alpha value is -3.67. The SMILES string of the molecule is CC/C=C\C/C=C\CCCCCCCC(=O)OCC(COC(=O)CCCCCCC\C=C/C=C\C=C/C=C\CCCCC)OC(=O)CCCCCCC/C=C\C=C/CCCCCCCCC. The van der Waals surface area contributed by atoms with Gasteiger partial charge in [0, 0.05) is 19.3 Å². The molecule has 0 N–H and O–H groups in total. The Bertz CT molecular complexity index is 1330. The maximum Gasteiger partial charge on any atom is 0.306 e. The van der Waals surface area contributed by atoms with Gasteiger partial charge in [0.25, 0.3) is 0 Å². The fourth-order valence-electron chi connectivity index (χ4n) is 7.31. The van der Waals surface area contributed by atoms with Crippen LogP contribution in [-0.2, 0) is 28.6 Å². The zero-order chi connectivity index (χ0) is 47.9. The number of hydrogen-bond donors (Lipinski definition) is 0. The van der Waals surface area contributed by atoms with Crippen LogP contribution in [0.4, 0.5) is 0 Å². The van der Waals surface area contributed by atoms with E-state index in [0.717, 1.165) is 135 Å². The van der Waals surface area contributed by atoms with Crippen LogP contribution in [0.3, 0.4) is 0 Å². The Labute approximate surface area is 407 Å². The van der Waals surface area contributed by atoms with Crippen LogP contribution in [0.15, 0.2) is 97.2 Å². The summed E-state index contributed by atoms with van der Waals surface area (Å²) in [5.41, 5.74) is 0. The number of ether oxygens (including phenoxy) is 3. The lowest BCUT2D eigenvalue weighted by atomic mass is 10.1. The number of allylic oxidation sites excluding steroid dienone is 16. The molecular formula is C60H100O6. The normalized spacial score (nSPS) is 12.8. The van der Waals surface area contributed by atoms with Crippen molar-refractivity contribution in [2.45, 2.75) is 252 Å². The second-order valence-corrected chi connectivity index (χ2v) is 17.9. The summed E-state index contributed by atoms with van der Waals surface area (Å²) in [5, 5.41) is 0. The van der Waals surface area contributed by atoms with Gasteiger partial charge in [0.05, 0.1) is 0 Å². The van der Waals surface area contributed by atoms with Crippen molar-refractivity contribution in [3.05, 3.63) is 97.2 Å². The van der Waals surface area contributed by atoms with Crippen molar-refractivity contribution in [1.82, 2.24) is 0 Å². The summed E-state index contributed by atoms with van der Waals surface area (Å²) < 4.78 is 16.8. The Balaban J connectivity index is 4.47. The molecule has 1 atom stereocenters. The maximum atomic E-state index is 12.8. The molecule has 0 aromatic carbocycles. The molecular weight excluding hydrogens is 817 g/mol. The molecule has 0 saturated carbocycles. The molecule has 0 aliphatic carbocycles. The zero-order valence-electron chi connectivity index (χ0n) is 42.9. The van der Waals surface area contributed by atoms with E-state index in [2.05, 4.69) is 118 Å². The Morgan fingerprint density at radius 3 is 1.09 bits per heavy atom. The number of hydrogen-bond acceptors (Lipinski definition) is 6. The van der Waals surface area contributed by atoms with Crippen LogP contribution in [0.5, 0.6) is 0 Å². The van der Waals surface area contributed by atoms with Gasteiger partial charge in [-0.25, -0.2) is 0 Å². The predicted octanol–water partition coefficient (Wildman–Crippen LogP) is 18.1. The number of carbonyl (C=O) groups excluding carboxylic acids is 3. The molecule has 0 radical (unpaired) electrons. The molecule has 66 heavy (non-hydrogen) atoms. The molecule has 0 bridgehead atoms. The average Bonchev–Trinajstić information content (AvgIpc) is 3.31. The summed E-state index contributed by atoms with van der Waals surface area (Å²) in [6.07, 6.45) is 71.0. The minimum Gasteiger partial charge on any atom is -0.462 e. The average molecular weight is 917 g/mol. The largest absolute Gasteiger partial charge is 0.462 e. The molecule has 0 rings (SSSR count). The van der Waals surface area contributed by atoms with Crippen molar-refractivity contribution < 1.29 is 28.6 Å². The summed E-state index contributed by atoms with van der Waals surface area (Å²) in [7, 11) is 0. The highest BCUT2D eigenvalue weighted by molar-refractivity contribution is 5.71. The highest BCUT2D eigenvalue weighted by atomic mass is 16.6. The van der Waals surface area contributed by atoms with Crippen LogP contribution < -0.4 is 0 Å². The number of esters is 3. The first-order chi connectivity index (χ1) is 32.5. The van der Waals surface area contributed by atoms with Crippen molar-refractivity contribution in [1.29, 1.82) is 0 Å². The first kappa shape index (κ1) is 62.3. The molecule has 0 spiro atoms. The van der Waals surface area contributed by atoms with Crippen molar-refractivity contribution >= 4 is 17.9 Å². The van der Waals surface area contributed by atoms with Gasteiger partial charge < -0.3 is 14.2 Å². The summed E-state index contributed by atoms with van der Waals surface area (Å²) in [6.45, 7) is 6.44. The highest BCUT2D eigenvalue weighted by Crippen LogP contribution is 2.14. The van der Waals surface area contributed by atoms with Crippen LogP contribution in [0.1, 0.15) is 245 Å². The van der Waals surface area contributed by atoms with Gasteiger partial charge in [0.1, 0.15) is 13.2 Å². The van der Waals surface area contributed by atoms with E-state index in [1.807, 2.05) is 0 Å². The Kier molecular flexibility index (Phi) is 50.9. The van der Waals surface area contributed by atoms with Crippen molar-refractivity contribution in [2.75, 3.05) is 13.2 Å². The van der Waals surface area contributed by atoms with Crippen LogP contribution in [-0.4, -0.2) is 37.2 Å². The quantitative estimate of drug-likeness (QED) is 0.0199. The van der Waals surface area contributed by atoms with E-state index in [9.17, 15) is 14.4 Å². The number of carbonyl (C=O) groups is 3. The fraction of sp³-hybridized carbons (Fsp3) is 0.683. The van der Waals surface area contributed by atoms with Crippen molar-refractivity contribution in [3.63, 3.8) is 0 Å². The Morgan fingerprint density at radius 2 is 0.652 bits per heavy atom. The van der Waals surface area contributed by atoms with Gasteiger partial charge in [-0.1, -0.05) is 227 Å². The van der Waals surface area contributed by atoms with Crippen LogP contribution in [0, 0.1) is 0 Å². The monoisotopic (exact) mass is 917 g/mol. The second kappa shape index (κ2) is 53.9. The van der Waals surface area contributed by atoms with E-state index >= 15 is 0 Å². The molecule has 0 saturated heterocycles. The first-order valence-electron chi connectivity index (χ1n) is 27.3. The maximum absolute atomic E-state index is 12.8. The molecule has 0 fully saturated rings. The first-order valence-corrected chi connectivity index (χ1v) is 27.3. The van der Waals surface area contributed by atoms with Gasteiger partial charge in [0.15, 0.2) is 6.10 Å². The third-order valence-corrected chi connectivity index (χ3v) is 11.4. The Morgan fingerprint density at radius 1 is 0.333 bits per heavy atom. The van der Waals surface area contributed by atoms with E-state index < -0.39 is 6.10 Å². The summed E-state index contributed by atoms with van der Waals surface area (Å²) >= 11 is 0. The highest BCUT2D eigenvalue weighted by Gasteiger charge is 2.19. The molecule has 0 aliphatic heterocycles. The predicted molar refractivity (Wildman–Crippen MR) is 284 cm³/mol.